The van der Waals surface area contributed by atoms with Gasteiger partial charge in [-0.3, -0.25) is 0 Å². The Kier molecular flexibility index (Phi) is 6.62. The molecule has 0 aliphatic rings. The van der Waals surface area contributed by atoms with Gasteiger partial charge in [0.25, 0.3) is 9.05 Å². The van der Waals surface area contributed by atoms with Gasteiger partial charge in [0.2, 0.25) is 0 Å². The summed E-state index contributed by atoms with van der Waals surface area (Å²) < 4.78 is 22.2. The Morgan fingerprint density at radius 2 is 1.53 bits per heavy atom. The second kappa shape index (κ2) is 6.92. The van der Waals surface area contributed by atoms with E-state index in [1.165, 1.54) is 12.1 Å². The molecule has 1 rings (SSSR count). The summed E-state index contributed by atoms with van der Waals surface area (Å²) in [5, 5.41) is 0. The summed E-state index contributed by atoms with van der Waals surface area (Å²) in [7, 11) is 1.47. The average Bonchev–Trinajstić information content (AvgIpc) is 2.23. The summed E-state index contributed by atoms with van der Waals surface area (Å²) in [5.74, 6) is 0. The van der Waals surface area contributed by atoms with E-state index < -0.39 is 25.4 Å². The molecule has 0 bridgehead atoms. The Labute approximate surface area is 141 Å². The molecule has 1 aromatic carbocycles. The first-order chi connectivity index (χ1) is 8.51. The minimum Gasteiger partial charge on any atom is -0.207 e. The van der Waals surface area contributed by atoms with E-state index >= 15 is 0 Å². The molecule has 2 nitrogen and oxygen atoms in total. The first-order valence-electron chi connectivity index (χ1n) is 4.90. The molecule has 0 heterocycles. The highest BCUT2D eigenvalue weighted by Crippen LogP contribution is 2.42. The van der Waals surface area contributed by atoms with Crippen LogP contribution >= 0.6 is 67.1 Å². The summed E-state index contributed by atoms with van der Waals surface area (Å²) in [6.07, 6.45) is 0.350. The van der Waals surface area contributed by atoms with Crippen molar-refractivity contribution in [3.63, 3.8) is 0 Å². The van der Waals surface area contributed by atoms with E-state index in [4.69, 9.17) is 67.1 Å². The lowest BCUT2D eigenvalue weighted by Gasteiger charge is -2.23. The van der Waals surface area contributed by atoms with Crippen molar-refractivity contribution < 1.29 is 8.42 Å². The van der Waals surface area contributed by atoms with Crippen molar-refractivity contribution in [2.24, 2.45) is 0 Å². The first kappa shape index (κ1) is 18.2. The van der Waals surface area contributed by atoms with Gasteiger partial charge in [-0.15, -0.1) is 56.4 Å². The van der Waals surface area contributed by atoms with Gasteiger partial charge in [-0.2, -0.15) is 0 Å². The van der Waals surface area contributed by atoms with Gasteiger partial charge in [0.1, 0.15) is 4.84 Å². The summed E-state index contributed by atoms with van der Waals surface area (Å²) in [6.45, 7) is 0. The molecule has 0 aliphatic carbocycles. The highest BCUT2D eigenvalue weighted by molar-refractivity contribution is 8.13. The summed E-state index contributed by atoms with van der Waals surface area (Å²) in [4.78, 5) is -0.801. The second-order valence-electron chi connectivity index (χ2n) is 3.77. The summed E-state index contributed by atoms with van der Waals surface area (Å²) in [6, 6.07) is 2.86. The Balaban J connectivity index is 2.94. The van der Waals surface area contributed by atoms with Gasteiger partial charge in [0.05, 0.1) is 4.90 Å². The van der Waals surface area contributed by atoms with E-state index in [-0.39, 0.29) is 4.90 Å². The predicted molar refractivity (Wildman–Crippen MR) is 85.7 cm³/mol. The molecule has 0 radical (unpaired) electrons. The van der Waals surface area contributed by atoms with Crippen molar-refractivity contribution in [2.75, 3.05) is 0 Å². The van der Waals surface area contributed by atoms with Crippen LogP contribution in [0.15, 0.2) is 29.2 Å². The number of halogens is 6. The quantitative estimate of drug-likeness (QED) is 0.291. The second-order valence-corrected chi connectivity index (χ2v) is 16.4. The number of rotatable bonds is 5. The van der Waals surface area contributed by atoms with Crippen LogP contribution < -0.4 is 0 Å². The topological polar surface area (TPSA) is 34.1 Å². The molecule has 0 fully saturated rings. The fourth-order valence-corrected chi connectivity index (χ4v) is 7.21. The van der Waals surface area contributed by atoms with Gasteiger partial charge in [-0.1, -0.05) is 12.1 Å². The molecule has 10 heteroatoms. The van der Waals surface area contributed by atoms with Crippen LogP contribution in [-0.4, -0.2) is 19.3 Å². The molecule has 1 aromatic rings. The maximum absolute atomic E-state index is 11.1. The van der Waals surface area contributed by atoms with Crippen LogP contribution in [0.2, 0.25) is 5.54 Å². The molecule has 0 saturated heterocycles. The molecule has 108 valence electrons. The van der Waals surface area contributed by atoms with E-state index in [9.17, 15) is 8.42 Å². The van der Waals surface area contributed by atoms with Crippen molar-refractivity contribution in [1.29, 1.82) is 0 Å². The van der Waals surface area contributed by atoms with Crippen molar-refractivity contribution in [1.82, 2.24) is 0 Å². The van der Waals surface area contributed by atoms with E-state index in [0.717, 1.165) is 5.56 Å². The largest absolute Gasteiger partial charge is 0.347 e. The molecule has 0 N–H and O–H groups in total. The summed E-state index contributed by atoms with van der Waals surface area (Å²) >= 11 is 29.4. The van der Waals surface area contributed by atoms with Gasteiger partial charge in [-0.25, -0.2) is 8.42 Å². The third-order valence-corrected chi connectivity index (χ3v) is 8.69. The molecule has 0 aliphatic heterocycles. The normalized spacial score (nSPS) is 14.7. The third-order valence-electron chi connectivity index (χ3n) is 2.39. The fraction of sp³-hybridized carbons (Fsp3) is 0.333. The van der Waals surface area contributed by atoms with Crippen LogP contribution in [0, 0.1) is 0 Å². The molecule has 1 atom stereocenters. The van der Waals surface area contributed by atoms with Crippen molar-refractivity contribution in [3.05, 3.63) is 29.8 Å². The Bertz CT molecular complexity index is 525. The van der Waals surface area contributed by atoms with Gasteiger partial charge >= 0.3 is 6.00 Å². The Hall–Kier alpha value is 1.13. The zero-order valence-corrected chi connectivity index (χ0v) is 15.5. The smallest absolute Gasteiger partial charge is 0.207 e. The Morgan fingerprint density at radius 1 is 1.05 bits per heavy atom. The van der Waals surface area contributed by atoms with Crippen LogP contribution in [0.3, 0.4) is 0 Å². The van der Waals surface area contributed by atoms with E-state index in [1.807, 2.05) is 0 Å². The van der Waals surface area contributed by atoms with Crippen molar-refractivity contribution in [2.45, 2.75) is 21.7 Å². The standard InChI is InChI=1S/C9H8Cl6O2SSi/c10-9(11)8(19(13,14)15)5-6-1-3-7(4-2-6)18(12,16)17/h1-4,8-9H,5H2. The van der Waals surface area contributed by atoms with E-state index in [2.05, 4.69) is 0 Å². The lowest BCUT2D eigenvalue weighted by atomic mass is 10.1. The predicted octanol–water partition coefficient (Wildman–Crippen LogP) is 4.99. The maximum atomic E-state index is 11.1. The summed E-state index contributed by atoms with van der Waals surface area (Å²) in [5.41, 5.74) is 0.276. The Morgan fingerprint density at radius 3 is 1.84 bits per heavy atom. The van der Waals surface area contributed by atoms with Crippen molar-refractivity contribution >= 4 is 82.2 Å². The van der Waals surface area contributed by atoms with Gasteiger partial charge in [-0.05, 0) is 24.1 Å². The molecule has 0 saturated carbocycles. The molecule has 1 unspecified atom stereocenters. The monoisotopic (exact) mass is 418 g/mol. The number of benzene rings is 1. The van der Waals surface area contributed by atoms with Crippen LogP contribution in [0.4, 0.5) is 0 Å². The fourth-order valence-electron chi connectivity index (χ4n) is 1.39. The van der Waals surface area contributed by atoms with Crippen LogP contribution in [0.1, 0.15) is 5.56 Å². The lowest BCUT2D eigenvalue weighted by molar-refractivity contribution is 0.609. The first-order valence-corrected chi connectivity index (χ1v) is 13.2. The molecule has 0 aromatic heterocycles. The average molecular weight is 421 g/mol. The zero-order valence-electron chi connectivity index (χ0n) is 9.16. The molecule has 19 heavy (non-hydrogen) atoms. The molecular weight excluding hydrogens is 413 g/mol. The highest BCUT2D eigenvalue weighted by Gasteiger charge is 2.40. The SMILES string of the molecule is O=S(=O)(Cl)c1ccc(CC(C(Cl)Cl)[Si](Cl)(Cl)Cl)cc1. The highest BCUT2D eigenvalue weighted by atomic mass is 35.8. The maximum Gasteiger partial charge on any atom is 0.347 e. The number of hydrogen-bond donors (Lipinski definition) is 0. The number of alkyl halides is 2. The van der Waals surface area contributed by atoms with Crippen LogP contribution in [0.25, 0.3) is 0 Å². The number of hydrogen-bond acceptors (Lipinski definition) is 2. The van der Waals surface area contributed by atoms with E-state index in [1.54, 1.807) is 12.1 Å². The van der Waals surface area contributed by atoms with Gasteiger partial charge < -0.3 is 0 Å². The molecule has 0 amide bonds. The lowest BCUT2D eigenvalue weighted by Crippen LogP contribution is -2.26. The molecular formula is C9H8Cl6O2SSi. The minimum atomic E-state index is -3.74. The third kappa shape index (κ3) is 5.79. The molecule has 0 spiro atoms. The minimum absolute atomic E-state index is 0.00823. The van der Waals surface area contributed by atoms with Crippen LogP contribution in [-0.2, 0) is 15.5 Å². The van der Waals surface area contributed by atoms with Gasteiger partial charge in [0, 0.05) is 16.2 Å². The zero-order chi connectivity index (χ0) is 14.8. The van der Waals surface area contributed by atoms with Gasteiger partial charge in [0.15, 0.2) is 0 Å². The van der Waals surface area contributed by atoms with Crippen LogP contribution in [0.5, 0.6) is 0 Å². The van der Waals surface area contributed by atoms with Crippen molar-refractivity contribution in [3.8, 4) is 0 Å². The van der Waals surface area contributed by atoms with E-state index in [0.29, 0.717) is 6.42 Å².